The molecule has 0 bridgehead atoms. The first kappa shape index (κ1) is 12.8. The Bertz CT molecular complexity index is 648. The Morgan fingerprint density at radius 2 is 1.85 bits per heavy atom. The maximum absolute atomic E-state index is 6.63. The third-order valence-corrected chi connectivity index (χ3v) is 3.92. The second-order valence-corrected chi connectivity index (χ2v) is 5.14. The van der Waals surface area contributed by atoms with Gasteiger partial charge in [-0.15, -0.1) is 0 Å². The Hall–Kier alpha value is -2.26. The fourth-order valence-electron chi connectivity index (χ4n) is 2.64. The third kappa shape index (κ3) is 1.96. The number of fused-ring (bicyclic) bond motifs is 1. The summed E-state index contributed by atoms with van der Waals surface area (Å²) in [5.74, 6) is 0.826. The van der Waals surface area contributed by atoms with Gasteiger partial charge in [-0.05, 0) is 29.3 Å². The molecule has 0 amide bonds. The van der Waals surface area contributed by atoms with E-state index in [1.165, 1.54) is 5.56 Å². The minimum atomic E-state index is -0.597. The number of hydrogen-bond donors (Lipinski definition) is 2. The van der Waals surface area contributed by atoms with Crippen molar-refractivity contribution in [1.82, 2.24) is 0 Å². The zero-order chi connectivity index (χ0) is 14.2. The number of nitrogens with one attached hydrogen (secondary N) is 1. The predicted octanol–water partition coefficient (Wildman–Crippen LogP) is 3.03. The van der Waals surface area contributed by atoms with Gasteiger partial charge in [0, 0.05) is 17.8 Å². The number of methoxy groups -OCH3 is 1. The molecule has 3 nitrogen and oxygen atoms in total. The summed E-state index contributed by atoms with van der Waals surface area (Å²) in [5.41, 5.74) is 10.2. The minimum absolute atomic E-state index is 0.597. The summed E-state index contributed by atoms with van der Waals surface area (Å²) in [4.78, 5) is 0. The van der Waals surface area contributed by atoms with Crippen LogP contribution >= 0.6 is 0 Å². The topological polar surface area (TPSA) is 47.3 Å². The number of ether oxygens (including phenoxy) is 1. The molecular formula is C17H18N2O. The Morgan fingerprint density at radius 1 is 1.15 bits per heavy atom. The van der Waals surface area contributed by atoms with Crippen molar-refractivity contribution in [2.75, 3.05) is 12.4 Å². The summed E-state index contributed by atoms with van der Waals surface area (Å²) in [7, 11) is 1.66. The smallest absolute Gasteiger partial charge is 0.118 e. The van der Waals surface area contributed by atoms with Gasteiger partial charge in [-0.1, -0.05) is 36.9 Å². The van der Waals surface area contributed by atoms with Crippen molar-refractivity contribution < 1.29 is 4.74 Å². The molecule has 3 heteroatoms. The number of anilines is 1. The van der Waals surface area contributed by atoms with Gasteiger partial charge in [-0.3, -0.25) is 0 Å². The standard InChI is InChI=1S/C17H18N2O/c1-12-17(18,14-7-9-15(20-2)10-8-14)11-13-5-3-4-6-16(13)19-12/h3-10,19H,1,11,18H2,2H3. The quantitative estimate of drug-likeness (QED) is 0.878. The van der Waals surface area contributed by atoms with E-state index >= 15 is 0 Å². The van der Waals surface area contributed by atoms with E-state index < -0.39 is 5.54 Å². The van der Waals surface area contributed by atoms with Crippen molar-refractivity contribution in [3.63, 3.8) is 0 Å². The fourth-order valence-corrected chi connectivity index (χ4v) is 2.64. The lowest BCUT2D eigenvalue weighted by Crippen LogP contribution is -2.45. The van der Waals surface area contributed by atoms with Crippen molar-refractivity contribution in [1.29, 1.82) is 0 Å². The van der Waals surface area contributed by atoms with Crippen molar-refractivity contribution in [2.24, 2.45) is 5.73 Å². The van der Waals surface area contributed by atoms with Gasteiger partial charge >= 0.3 is 0 Å². The first-order valence-electron chi connectivity index (χ1n) is 6.61. The average Bonchev–Trinajstić information content (AvgIpc) is 2.48. The third-order valence-electron chi connectivity index (χ3n) is 3.92. The van der Waals surface area contributed by atoms with Gasteiger partial charge in [0.05, 0.1) is 12.6 Å². The highest BCUT2D eigenvalue weighted by Gasteiger charge is 2.35. The van der Waals surface area contributed by atoms with E-state index in [0.29, 0.717) is 0 Å². The normalized spacial score (nSPS) is 21.0. The summed E-state index contributed by atoms with van der Waals surface area (Å²) in [6, 6.07) is 16.0. The molecule has 0 aromatic heterocycles. The highest BCUT2D eigenvalue weighted by molar-refractivity contribution is 5.62. The molecule has 1 aliphatic rings. The number of para-hydroxylation sites is 1. The molecule has 0 spiro atoms. The minimum Gasteiger partial charge on any atom is -0.497 e. The summed E-state index contributed by atoms with van der Waals surface area (Å²) in [6.07, 6.45) is 0.737. The summed E-state index contributed by atoms with van der Waals surface area (Å²) in [6.45, 7) is 4.12. The molecule has 20 heavy (non-hydrogen) atoms. The SMILES string of the molecule is C=C1Nc2ccccc2CC1(N)c1ccc(OC)cc1. The summed E-state index contributed by atoms with van der Waals surface area (Å²) >= 11 is 0. The molecule has 1 aliphatic heterocycles. The average molecular weight is 266 g/mol. The maximum Gasteiger partial charge on any atom is 0.118 e. The van der Waals surface area contributed by atoms with Crippen LogP contribution in [0.3, 0.4) is 0 Å². The predicted molar refractivity (Wildman–Crippen MR) is 81.8 cm³/mol. The van der Waals surface area contributed by atoms with Crippen LogP contribution in [0.2, 0.25) is 0 Å². The number of nitrogens with two attached hydrogens (primary N) is 1. The zero-order valence-electron chi connectivity index (χ0n) is 11.5. The largest absolute Gasteiger partial charge is 0.497 e. The van der Waals surface area contributed by atoms with Crippen molar-refractivity contribution >= 4 is 5.69 Å². The molecule has 0 saturated carbocycles. The molecule has 0 fully saturated rings. The van der Waals surface area contributed by atoms with Crippen molar-refractivity contribution in [3.05, 3.63) is 71.9 Å². The molecular weight excluding hydrogens is 248 g/mol. The highest BCUT2D eigenvalue weighted by atomic mass is 16.5. The van der Waals surface area contributed by atoms with Gasteiger partial charge in [0.25, 0.3) is 0 Å². The van der Waals surface area contributed by atoms with Crippen LogP contribution in [0.1, 0.15) is 11.1 Å². The molecule has 2 aromatic carbocycles. The Morgan fingerprint density at radius 3 is 2.55 bits per heavy atom. The van der Waals surface area contributed by atoms with Gasteiger partial charge < -0.3 is 15.8 Å². The summed E-state index contributed by atoms with van der Waals surface area (Å²) < 4.78 is 5.19. The van der Waals surface area contributed by atoms with Crippen LogP contribution in [-0.4, -0.2) is 7.11 Å². The first-order valence-corrected chi connectivity index (χ1v) is 6.61. The van der Waals surface area contributed by atoms with Crippen LogP contribution in [0.5, 0.6) is 5.75 Å². The van der Waals surface area contributed by atoms with E-state index in [9.17, 15) is 0 Å². The van der Waals surface area contributed by atoms with Crippen LogP contribution in [-0.2, 0) is 12.0 Å². The van der Waals surface area contributed by atoms with E-state index in [-0.39, 0.29) is 0 Å². The number of hydrogen-bond acceptors (Lipinski definition) is 3. The van der Waals surface area contributed by atoms with E-state index in [4.69, 9.17) is 10.5 Å². The molecule has 0 radical (unpaired) electrons. The van der Waals surface area contributed by atoms with Gasteiger partial charge in [-0.2, -0.15) is 0 Å². The fraction of sp³-hybridized carbons (Fsp3) is 0.176. The van der Waals surface area contributed by atoms with E-state index in [2.05, 4.69) is 18.0 Å². The molecule has 0 aliphatic carbocycles. The van der Waals surface area contributed by atoms with Gasteiger partial charge in [0.15, 0.2) is 0 Å². The molecule has 3 rings (SSSR count). The Balaban J connectivity index is 2.01. The summed E-state index contributed by atoms with van der Waals surface area (Å²) in [5, 5.41) is 3.33. The molecule has 1 atom stereocenters. The molecule has 2 aromatic rings. The molecule has 102 valence electrons. The van der Waals surface area contributed by atoms with Gasteiger partial charge in [0.1, 0.15) is 5.75 Å². The van der Waals surface area contributed by atoms with E-state index in [1.807, 2.05) is 42.5 Å². The molecule has 1 unspecified atom stereocenters. The lowest BCUT2D eigenvalue weighted by molar-refractivity contribution is 0.414. The first-order chi connectivity index (χ1) is 9.63. The second kappa shape index (κ2) is 4.69. The van der Waals surface area contributed by atoms with Crippen LogP contribution < -0.4 is 15.8 Å². The van der Waals surface area contributed by atoms with Gasteiger partial charge in [0.2, 0.25) is 0 Å². The van der Waals surface area contributed by atoms with Crippen LogP contribution in [0, 0.1) is 0 Å². The van der Waals surface area contributed by atoms with Crippen molar-refractivity contribution in [3.8, 4) is 5.75 Å². The second-order valence-electron chi connectivity index (χ2n) is 5.14. The van der Waals surface area contributed by atoms with Crippen molar-refractivity contribution in [2.45, 2.75) is 12.0 Å². The number of benzene rings is 2. The van der Waals surface area contributed by atoms with E-state index in [1.54, 1.807) is 7.11 Å². The molecule has 3 N–H and O–H groups in total. The van der Waals surface area contributed by atoms with E-state index in [0.717, 1.165) is 29.1 Å². The molecule has 1 heterocycles. The Kier molecular flexibility index (Phi) is 2.99. The number of rotatable bonds is 2. The van der Waals surface area contributed by atoms with Crippen LogP contribution in [0.15, 0.2) is 60.8 Å². The maximum atomic E-state index is 6.63. The van der Waals surface area contributed by atoms with Crippen LogP contribution in [0.4, 0.5) is 5.69 Å². The lowest BCUT2D eigenvalue weighted by Gasteiger charge is -2.38. The van der Waals surface area contributed by atoms with Crippen LogP contribution in [0.25, 0.3) is 0 Å². The molecule has 0 saturated heterocycles. The zero-order valence-corrected chi connectivity index (χ0v) is 11.5. The monoisotopic (exact) mass is 266 g/mol. The lowest BCUT2D eigenvalue weighted by atomic mass is 9.79. The highest BCUT2D eigenvalue weighted by Crippen LogP contribution is 2.37. The van der Waals surface area contributed by atoms with Gasteiger partial charge in [-0.25, -0.2) is 0 Å². The Labute approximate surface area is 119 Å².